The second-order valence-corrected chi connectivity index (χ2v) is 14.0. The molecule has 0 aliphatic carbocycles. The number of fused-ring (bicyclic) bond motifs is 2. The largest absolute Gasteiger partial charge is 0.379 e. The summed E-state index contributed by atoms with van der Waals surface area (Å²) in [5.41, 5.74) is -5.84. The Hall–Kier alpha value is -5.73. The summed E-state index contributed by atoms with van der Waals surface area (Å²) >= 11 is 0. The first-order valence-electron chi connectivity index (χ1n) is 13.9. The van der Waals surface area contributed by atoms with Crippen molar-refractivity contribution in [2.24, 2.45) is 0 Å². The number of nitrogens with zero attached hydrogens (tertiary/aromatic N) is 5. The Kier molecular flexibility index (Phi) is 10.7. The molecule has 0 saturated carbocycles. The summed E-state index contributed by atoms with van der Waals surface area (Å²) in [4.78, 5) is 78.4. The van der Waals surface area contributed by atoms with Crippen molar-refractivity contribution in [2.45, 2.75) is 0 Å². The average Bonchev–Trinajstić information content (AvgIpc) is 3.01. The molecular weight excluding hydrogens is 719 g/mol. The second kappa shape index (κ2) is 14.4. The van der Waals surface area contributed by atoms with Crippen molar-refractivity contribution in [3.8, 4) is 0 Å². The zero-order chi connectivity index (χ0) is 37.1. The van der Waals surface area contributed by atoms with Gasteiger partial charge in [0.2, 0.25) is 25.9 Å². The summed E-state index contributed by atoms with van der Waals surface area (Å²) in [6, 6.07) is 3.52. The molecule has 5 rings (SSSR count). The molecule has 270 valence electrons. The third kappa shape index (κ3) is 8.84. The van der Waals surface area contributed by atoms with Crippen molar-refractivity contribution in [1.29, 1.82) is 0 Å². The third-order valence-corrected chi connectivity index (χ3v) is 7.76. The monoisotopic (exact) mass is 746 g/mol. The first-order valence-corrected chi connectivity index (χ1v) is 17.6. The molecule has 3 heterocycles. The Morgan fingerprint density at radius 1 is 0.800 bits per heavy atom. The number of nitrogens with one attached hydrogen (secondary N) is 5. The number of morpholine rings is 1. The van der Waals surface area contributed by atoms with Gasteiger partial charge in [0.05, 0.1) is 57.4 Å². The molecule has 2 aromatic heterocycles. The Labute approximate surface area is 277 Å². The van der Waals surface area contributed by atoms with Gasteiger partial charge in [0.1, 0.15) is 5.69 Å². The number of hydrogen-bond acceptors (Lipinski definition) is 15. The van der Waals surface area contributed by atoms with Crippen molar-refractivity contribution < 1.29 is 35.8 Å². The lowest BCUT2D eigenvalue weighted by molar-refractivity contribution is -0.387. The summed E-state index contributed by atoms with van der Waals surface area (Å²) in [6.07, 6.45) is 1.50. The van der Waals surface area contributed by atoms with Gasteiger partial charge in [-0.2, -0.15) is 13.7 Å². The molecule has 26 heteroatoms. The van der Waals surface area contributed by atoms with Crippen LogP contribution in [-0.4, -0.2) is 103 Å². The van der Waals surface area contributed by atoms with E-state index in [1.165, 1.54) is 6.07 Å². The summed E-state index contributed by atoms with van der Waals surface area (Å²) in [7, 11) is -7.83. The van der Waals surface area contributed by atoms with Crippen LogP contribution in [0.2, 0.25) is 0 Å². The van der Waals surface area contributed by atoms with Crippen molar-refractivity contribution in [1.82, 2.24) is 24.2 Å². The molecule has 50 heavy (non-hydrogen) atoms. The molecule has 2 aromatic carbocycles. The fourth-order valence-electron chi connectivity index (χ4n) is 4.58. The van der Waals surface area contributed by atoms with E-state index in [2.05, 4.69) is 20.2 Å². The lowest BCUT2D eigenvalue weighted by atomic mass is 10.2. The minimum atomic E-state index is -3.93. The third-order valence-electron chi connectivity index (χ3n) is 6.73. The highest BCUT2D eigenvalue weighted by Gasteiger charge is 2.21. The van der Waals surface area contributed by atoms with E-state index in [4.69, 9.17) is 4.74 Å². The summed E-state index contributed by atoms with van der Waals surface area (Å²) in [5, 5.41) is 24.4. The van der Waals surface area contributed by atoms with Crippen LogP contribution in [0, 0.1) is 26.0 Å². The van der Waals surface area contributed by atoms with Crippen LogP contribution in [0.5, 0.6) is 0 Å². The predicted octanol–water partition coefficient (Wildman–Crippen LogP) is -1.91. The van der Waals surface area contributed by atoms with E-state index in [0.29, 0.717) is 49.4 Å². The number of anilines is 1. The number of sulfonamides is 2. The van der Waals surface area contributed by atoms with Crippen LogP contribution in [0.25, 0.3) is 21.8 Å². The zero-order valence-corrected chi connectivity index (χ0v) is 27.4. The number of rotatable bonds is 10. The number of ether oxygens (including phenoxy) is 1. The SMILES string of the molecule is CS(=O)(=O)Nn1c(=O)[nH]c2cc([N+](=O)[O-])c(F)cc2c1=O.CS(=O)(=O)Nn1c(=O)[nH]c2cc([N+](=O)[O-])c(NCCN3CCOCC3)cc2c1=O. The maximum atomic E-state index is 13.5. The maximum Gasteiger partial charge on any atom is 0.348 e. The molecule has 4 aromatic rings. The molecular formula is C24H27FN10O13S2. The van der Waals surface area contributed by atoms with Gasteiger partial charge in [0, 0.05) is 38.3 Å². The topological polar surface area (TPSA) is 313 Å². The number of aromatic amines is 2. The standard InChI is InChI=1S/C15H20N6O7S.C9H7FN4O6S/c1-29(26,27)18-20-14(22)10-8-12(16-2-3-19-4-6-28-7-5-19)13(21(24)25)9-11(10)17-15(20)23;1-21(19,20)12-13-8(15)4-2-5(10)7(14(17)18)3-6(4)11-9(13)16/h8-9,16,18H,2-7H2,1H3,(H,17,23);2-3,12H,1H3,(H,11,16). The van der Waals surface area contributed by atoms with Gasteiger partial charge in [-0.15, -0.1) is 0 Å². The fraction of sp³-hybridized carbons (Fsp3) is 0.333. The Bertz CT molecular complexity index is 2470. The number of halogens is 1. The van der Waals surface area contributed by atoms with Gasteiger partial charge in [-0.1, -0.05) is 0 Å². The molecule has 0 amide bonds. The molecule has 5 N–H and O–H groups in total. The van der Waals surface area contributed by atoms with Crippen LogP contribution in [0.3, 0.4) is 0 Å². The van der Waals surface area contributed by atoms with Gasteiger partial charge in [-0.3, -0.25) is 34.7 Å². The van der Waals surface area contributed by atoms with Crippen LogP contribution >= 0.6 is 0 Å². The van der Waals surface area contributed by atoms with E-state index in [9.17, 15) is 60.6 Å². The summed E-state index contributed by atoms with van der Waals surface area (Å²) in [5.74, 6) is -1.29. The highest BCUT2D eigenvalue weighted by atomic mass is 32.2. The fourth-order valence-corrected chi connectivity index (χ4v) is 5.58. The minimum absolute atomic E-state index is 0.0722. The van der Waals surface area contributed by atoms with Gasteiger partial charge in [-0.05, 0) is 12.1 Å². The van der Waals surface area contributed by atoms with Gasteiger partial charge in [0.15, 0.2) is 0 Å². The molecule has 0 bridgehead atoms. The van der Waals surface area contributed by atoms with E-state index >= 15 is 0 Å². The van der Waals surface area contributed by atoms with Crippen molar-refractivity contribution in [3.63, 3.8) is 0 Å². The van der Waals surface area contributed by atoms with Crippen LogP contribution in [0.4, 0.5) is 21.5 Å². The van der Waals surface area contributed by atoms with E-state index in [1.54, 1.807) is 4.83 Å². The molecule has 0 unspecified atom stereocenters. The van der Waals surface area contributed by atoms with Crippen LogP contribution in [0.15, 0.2) is 43.4 Å². The lowest BCUT2D eigenvalue weighted by Crippen LogP contribution is -2.43. The quantitative estimate of drug-likeness (QED) is 0.0873. The number of benzene rings is 2. The maximum absolute atomic E-state index is 13.5. The van der Waals surface area contributed by atoms with E-state index in [0.717, 1.165) is 25.4 Å². The van der Waals surface area contributed by atoms with Crippen LogP contribution in [0.1, 0.15) is 0 Å². The first kappa shape index (κ1) is 37.1. The molecule has 1 aliphatic heterocycles. The van der Waals surface area contributed by atoms with Crippen LogP contribution in [-0.2, 0) is 24.8 Å². The van der Waals surface area contributed by atoms with E-state index in [1.807, 2.05) is 4.83 Å². The second-order valence-electron chi connectivity index (χ2n) is 10.5. The van der Waals surface area contributed by atoms with Crippen molar-refractivity contribution >= 4 is 58.9 Å². The first-order chi connectivity index (χ1) is 23.3. The van der Waals surface area contributed by atoms with Gasteiger partial charge < -0.3 is 20.0 Å². The Morgan fingerprint density at radius 3 is 1.72 bits per heavy atom. The van der Waals surface area contributed by atoms with E-state index in [-0.39, 0.29) is 32.5 Å². The predicted molar refractivity (Wildman–Crippen MR) is 175 cm³/mol. The van der Waals surface area contributed by atoms with Gasteiger partial charge in [-0.25, -0.2) is 36.1 Å². The molecule has 0 radical (unpaired) electrons. The Balaban J connectivity index is 0.000000237. The smallest absolute Gasteiger partial charge is 0.348 e. The number of hydrogen-bond donors (Lipinski definition) is 5. The number of H-pyrrole nitrogens is 2. The summed E-state index contributed by atoms with van der Waals surface area (Å²) in [6.45, 7) is 3.75. The summed E-state index contributed by atoms with van der Waals surface area (Å²) < 4.78 is 64.1. The average molecular weight is 747 g/mol. The highest BCUT2D eigenvalue weighted by Crippen LogP contribution is 2.27. The van der Waals surface area contributed by atoms with Gasteiger partial charge >= 0.3 is 17.1 Å². The minimum Gasteiger partial charge on any atom is -0.379 e. The van der Waals surface area contributed by atoms with Gasteiger partial charge in [0.25, 0.3) is 16.8 Å². The molecule has 0 atom stereocenters. The van der Waals surface area contributed by atoms with Crippen molar-refractivity contribution in [3.05, 3.63) is 92.0 Å². The number of aromatic nitrogens is 4. The molecule has 0 spiro atoms. The number of nitro groups is 2. The lowest BCUT2D eigenvalue weighted by Gasteiger charge is -2.26. The van der Waals surface area contributed by atoms with E-state index < -0.39 is 69.3 Å². The molecule has 1 fully saturated rings. The highest BCUT2D eigenvalue weighted by molar-refractivity contribution is 7.91. The Morgan fingerprint density at radius 2 is 1.26 bits per heavy atom. The van der Waals surface area contributed by atoms with Crippen LogP contribution < -0.4 is 37.5 Å². The van der Waals surface area contributed by atoms with Crippen molar-refractivity contribution in [2.75, 3.05) is 66.9 Å². The normalized spacial score (nSPS) is 13.7. The molecule has 1 aliphatic rings. The molecule has 23 nitrogen and oxygen atoms in total. The zero-order valence-electron chi connectivity index (χ0n) is 25.8. The molecule has 1 saturated heterocycles. The number of nitro benzene ring substituents is 2.